The molecule has 2 amide bonds. The molecule has 0 spiro atoms. The second-order valence-corrected chi connectivity index (χ2v) is 16.8. The fourth-order valence-electron chi connectivity index (χ4n) is 7.20. The van der Waals surface area contributed by atoms with Gasteiger partial charge in [-0.1, -0.05) is 79.9 Å². The van der Waals surface area contributed by atoms with Gasteiger partial charge in [-0.3, -0.25) is 38.4 Å². The fraction of sp³-hybridized carbons (Fsp3) is 0.592. The van der Waals surface area contributed by atoms with Crippen LogP contribution in [0.25, 0.3) is 0 Å². The molecular formula is C49H70N2O14S. The number of amides is 2. The number of carboxylic acids is 3. The van der Waals surface area contributed by atoms with E-state index in [1.165, 1.54) is 0 Å². The fourth-order valence-corrected chi connectivity index (χ4v) is 7.33. The van der Waals surface area contributed by atoms with Crippen molar-refractivity contribution in [2.24, 2.45) is 17.8 Å². The van der Waals surface area contributed by atoms with Crippen LogP contribution in [0.4, 0.5) is 0 Å². The highest BCUT2D eigenvalue weighted by Gasteiger charge is 2.29. The minimum absolute atomic E-state index is 0.0305. The Labute approximate surface area is 393 Å². The van der Waals surface area contributed by atoms with Crippen LogP contribution in [-0.2, 0) is 65.4 Å². The molecule has 0 unspecified atom stereocenters. The molecule has 16 nitrogen and oxygen atoms in total. The van der Waals surface area contributed by atoms with Crippen LogP contribution in [0.5, 0.6) is 0 Å². The first-order valence-electron chi connectivity index (χ1n) is 23.0. The lowest BCUT2D eigenvalue weighted by Crippen LogP contribution is -2.46. The molecule has 0 fully saturated rings. The smallest absolute Gasteiger partial charge is 0.306 e. The highest BCUT2D eigenvalue weighted by molar-refractivity contribution is 7.80. The van der Waals surface area contributed by atoms with Gasteiger partial charge in [0.25, 0.3) is 0 Å². The number of nitrogens with one attached hydrogen (secondary N) is 2. The van der Waals surface area contributed by atoms with Gasteiger partial charge in [0, 0.05) is 69.8 Å². The highest BCUT2D eigenvalue weighted by atomic mass is 32.1. The summed E-state index contributed by atoms with van der Waals surface area (Å²) >= 11 is 4.09. The van der Waals surface area contributed by atoms with Gasteiger partial charge in [0.05, 0.1) is 50.9 Å². The van der Waals surface area contributed by atoms with Gasteiger partial charge < -0.3 is 40.2 Å². The van der Waals surface area contributed by atoms with Crippen molar-refractivity contribution in [1.82, 2.24) is 10.6 Å². The number of aliphatic carboxylic acids is 3. The van der Waals surface area contributed by atoms with Crippen LogP contribution in [0.1, 0.15) is 107 Å². The Morgan fingerprint density at radius 3 is 1.62 bits per heavy atom. The number of ether oxygens (including phenoxy) is 3. The van der Waals surface area contributed by atoms with Crippen LogP contribution < -0.4 is 10.6 Å². The zero-order valence-corrected chi connectivity index (χ0v) is 38.9. The first-order chi connectivity index (χ1) is 31.8. The van der Waals surface area contributed by atoms with E-state index in [0.29, 0.717) is 90.5 Å². The number of unbranched alkanes of at least 4 members (excludes halogenated alkanes) is 4. The average Bonchev–Trinajstić information content (AvgIpc) is 3.29. The molecule has 0 aromatic heterocycles. The quantitative estimate of drug-likeness (QED) is 0.0345. The molecule has 2 aromatic carbocycles. The molecule has 0 heterocycles. The van der Waals surface area contributed by atoms with E-state index in [1.807, 2.05) is 60.7 Å². The molecular weight excluding hydrogens is 873 g/mol. The van der Waals surface area contributed by atoms with Crippen molar-refractivity contribution in [2.45, 2.75) is 115 Å². The van der Waals surface area contributed by atoms with Crippen molar-refractivity contribution in [3.05, 3.63) is 71.8 Å². The molecule has 2 aromatic rings. The summed E-state index contributed by atoms with van der Waals surface area (Å²) in [6.45, 7) is 3.04. The van der Waals surface area contributed by atoms with E-state index < -0.39 is 66.7 Å². The number of thiol groups is 1. The van der Waals surface area contributed by atoms with Crippen molar-refractivity contribution >= 4 is 59.7 Å². The van der Waals surface area contributed by atoms with E-state index >= 15 is 0 Å². The number of carboxylic acid groups (broad SMARTS) is 3. The second-order valence-electron chi connectivity index (χ2n) is 16.4. The number of carbonyl (C=O) groups is 8. The van der Waals surface area contributed by atoms with Gasteiger partial charge in [-0.05, 0) is 56.1 Å². The number of benzene rings is 2. The predicted molar refractivity (Wildman–Crippen MR) is 249 cm³/mol. The van der Waals surface area contributed by atoms with Gasteiger partial charge in [-0.2, -0.15) is 12.6 Å². The molecule has 0 aliphatic rings. The topological polar surface area (TPSA) is 249 Å². The third kappa shape index (κ3) is 27.5. The summed E-state index contributed by atoms with van der Waals surface area (Å²) in [7, 11) is 0. The molecule has 17 heteroatoms. The normalized spacial score (nSPS) is 12.9. The zero-order valence-electron chi connectivity index (χ0n) is 38.0. The van der Waals surface area contributed by atoms with E-state index in [4.69, 9.17) is 19.3 Å². The van der Waals surface area contributed by atoms with Crippen molar-refractivity contribution in [3.8, 4) is 0 Å². The van der Waals surface area contributed by atoms with E-state index in [2.05, 4.69) is 23.3 Å². The van der Waals surface area contributed by atoms with Gasteiger partial charge in [0.1, 0.15) is 11.6 Å². The molecule has 0 saturated heterocycles. The molecule has 4 atom stereocenters. The first kappa shape index (κ1) is 57.2. The molecule has 0 aliphatic heterocycles. The first-order valence-corrected chi connectivity index (χ1v) is 23.6. The van der Waals surface area contributed by atoms with Gasteiger partial charge in [-0.25, -0.2) is 0 Å². The standard InChI is InChI=1S/C49H70N2O14S/c52-41(17-10-2-1-3-11-23-50-45(55)21-19-38(48(59)60)33-42(53)34-39(49(61)62)20-22-46(56)57)35-40(31-36-13-6-4-7-14-36)47(58)51-43(32-37-15-8-5-9-16-37)44(54)18-12-24-63-25-26-64-27-28-65-29-30-66/h4-9,13-16,38-40,43,66H,1-3,10-12,17-35H2,(H,50,55)(H,51,58)(H,56,57)(H,59,60)(H,61,62)/t38-,39-,40-,43+/m1/s1. The molecule has 5 N–H and O–H groups in total. The second kappa shape index (κ2) is 35.3. The summed E-state index contributed by atoms with van der Waals surface area (Å²) in [5.74, 6) is -7.75. The van der Waals surface area contributed by atoms with Crippen LogP contribution in [0.15, 0.2) is 60.7 Å². The van der Waals surface area contributed by atoms with E-state index in [9.17, 15) is 48.6 Å². The van der Waals surface area contributed by atoms with Crippen LogP contribution in [0.2, 0.25) is 0 Å². The van der Waals surface area contributed by atoms with Crippen molar-refractivity contribution in [1.29, 1.82) is 0 Å². The van der Waals surface area contributed by atoms with Crippen LogP contribution in [-0.4, -0.2) is 120 Å². The Balaban J connectivity index is 1.80. The Morgan fingerprint density at radius 2 is 1.05 bits per heavy atom. The highest BCUT2D eigenvalue weighted by Crippen LogP contribution is 2.20. The largest absolute Gasteiger partial charge is 0.481 e. The Hall–Kier alpha value is -4.97. The average molecular weight is 943 g/mol. The van der Waals surface area contributed by atoms with Crippen LogP contribution >= 0.6 is 12.6 Å². The number of ketones is 3. The minimum atomic E-state index is -1.33. The molecule has 0 saturated carbocycles. The van der Waals surface area contributed by atoms with E-state index in [1.54, 1.807) is 0 Å². The Morgan fingerprint density at radius 1 is 0.530 bits per heavy atom. The maximum atomic E-state index is 13.9. The summed E-state index contributed by atoms with van der Waals surface area (Å²) < 4.78 is 16.4. The Kier molecular flexibility index (Phi) is 30.5. The number of Topliss-reactive ketones (excluding diaryl/α,β-unsaturated/α-hetero) is 3. The number of rotatable bonds is 41. The molecule has 66 heavy (non-hydrogen) atoms. The van der Waals surface area contributed by atoms with Gasteiger partial charge in [-0.15, -0.1) is 0 Å². The van der Waals surface area contributed by atoms with Crippen molar-refractivity contribution in [3.63, 3.8) is 0 Å². The maximum absolute atomic E-state index is 13.9. The molecule has 2 rings (SSSR count). The van der Waals surface area contributed by atoms with Gasteiger partial charge >= 0.3 is 17.9 Å². The zero-order chi connectivity index (χ0) is 48.4. The third-order valence-corrected chi connectivity index (χ3v) is 11.1. The third-order valence-electron chi connectivity index (χ3n) is 10.9. The summed E-state index contributed by atoms with van der Waals surface area (Å²) in [4.78, 5) is 99.6. The van der Waals surface area contributed by atoms with Crippen molar-refractivity contribution < 1.29 is 67.9 Å². The van der Waals surface area contributed by atoms with E-state index in [0.717, 1.165) is 30.4 Å². The van der Waals surface area contributed by atoms with Crippen molar-refractivity contribution in [2.75, 3.05) is 51.9 Å². The lowest BCUT2D eigenvalue weighted by atomic mass is 9.90. The predicted octanol–water partition coefficient (Wildman–Crippen LogP) is 5.71. The minimum Gasteiger partial charge on any atom is -0.481 e. The monoisotopic (exact) mass is 942 g/mol. The number of carbonyl (C=O) groups excluding carboxylic acids is 5. The lowest BCUT2D eigenvalue weighted by Gasteiger charge is -2.22. The number of hydrogen-bond acceptors (Lipinski definition) is 12. The van der Waals surface area contributed by atoms with Gasteiger partial charge in [0.2, 0.25) is 11.8 Å². The summed E-state index contributed by atoms with van der Waals surface area (Å²) in [5.41, 5.74) is 1.81. The summed E-state index contributed by atoms with van der Waals surface area (Å²) in [6.07, 6.45) is 3.42. The Bertz CT molecular complexity index is 1760. The van der Waals surface area contributed by atoms with Crippen LogP contribution in [0, 0.1) is 17.8 Å². The SMILES string of the molecule is O=C(O)CC[C@H](CC(=O)C[C@@H](CCC(=O)NCCCCCCCC(=O)C[C@@H](Cc1ccccc1)C(=O)N[C@@H](Cc1ccccc1)C(=O)CCCOCCOCCOCCS)C(=O)O)C(=O)O. The van der Waals surface area contributed by atoms with Crippen LogP contribution in [0.3, 0.4) is 0 Å². The van der Waals surface area contributed by atoms with E-state index in [-0.39, 0.29) is 55.5 Å². The maximum Gasteiger partial charge on any atom is 0.306 e. The summed E-state index contributed by atoms with van der Waals surface area (Å²) in [5, 5.41) is 33.4. The number of hydrogen-bond donors (Lipinski definition) is 6. The lowest BCUT2D eigenvalue weighted by molar-refractivity contribution is -0.146. The molecule has 0 bridgehead atoms. The molecule has 366 valence electrons. The van der Waals surface area contributed by atoms with Gasteiger partial charge in [0.15, 0.2) is 5.78 Å². The molecule has 0 radical (unpaired) electrons. The molecule has 0 aliphatic carbocycles. The summed E-state index contributed by atoms with van der Waals surface area (Å²) in [6, 6.07) is 18.2.